The highest BCUT2D eigenvalue weighted by Gasteiger charge is 2.27. The Morgan fingerprint density at radius 1 is 0.523 bits per heavy atom. The molecule has 0 saturated carbocycles. The number of anilines is 3. The van der Waals surface area contributed by atoms with Crippen LogP contribution in [0.2, 0.25) is 0 Å². The average molecular weight is 565 g/mol. The minimum atomic E-state index is 0.991. The molecule has 9 aromatic rings. The summed E-state index contributed by atoms with van der Waals surface area (Å²) in [4.78, 5) is 2.52. The largest absolute Gasteiger partial charge is 0.309 e. The maximum atomic E-state index is 2.56. The van der Waals surface area contributed by atoms with Gasteiger partial charge in [-0.2, -0.15) is 0 Å². The summed E-state index contributed by atoms with van der Waals surface area (Å²) < 4.78 is 2.56. The van der Waals surface area contributed by atoms with Crippen LogP contribution in [-0.2, 0) is 6.42 Å². The van der Waals surface area contributed by atoms with Crippen molar-refractivity contribution in [1.82, 2.24) is 4.40 Å². The SMILES string of the molecule is CCc1c2ccccc2cc2c1c1cccc3c4c(N(c5ccccc5C)c5ccccc5C)c5ccccc5cc4n2c13. The van der Waals surface area contributed by atoms with Gasteiger partial charge in [0.05, 0.1) is 22.2 Å². The van der Waals surface area contributed by atoms with Crippen LogP contribution in [0.5, 0.6) is 0 Å². The Morgan fingerprint density at radius 2 is 1.02 bits per heavy atom. The quantitative estimate of drug-likeness (QED) is 0.206. The van der Waals surface area contributed by atoms with E-state index < -0.39 is 0 Å². The van der Waals surface area contributed by atoms with E-state index in [1.807, 2.05) is 0 Å². The fraction of sp³-hybridized carbons (Fsp3) is 0.0952. The van der Waals surface area contributed by atoms with Gasteiger partial charge in [0.2, 0.25) is 0 Å². The van der Waals surface area contributed by atoms with E-state index in [9.17, 15) is 0 Å². The van der Waals surface area contributed by atoms with Crippen molar-refractivity contribution in [1.29, 1.82) is 0 Å². The first-order valence-electron chi connectivity index (χ1n) is 15.6. The van der Waals surface area contributed by atoms with Gasteiger partial charge in [-0.15, -0.1) is 0 Å². The van der Waals surface area contributed by atoms with Crippen LogP contribution < -0.4 is 4.90 Å². The van der Waals surface area contributed by atoms with E-state index in [0.717, 1.165) is 6.42 Å². The van der Waals surface area contributed by atoms with Crippen molar-refractivity contribution in [2.24, 2.45) is 0 Å². The number of hydrogen-bond donors (Lipinski definition) is 0. The van der Waals surface area contributed by atoms with Crippen molar-refractivity contribution in [3.05, 3.63) is 144 Å². The highest BCUT2D eigenvalue weighted by molar-refractivity contribution is 6.31. The van der Waals surface area contributed by atoms with Gasteiger partial charge in [0.15, 0.2) is 0 Å². The molecular formula is C42H32N2. The zero-order valence-electron chi connectivity index (χ0n) is 25.2. The van der Waals surface area contributed by atoms with Crippen molar-refractivity contribution >= 4 is 76.7 Å². The normalized spacial score (nSPS) is 12.1. The first-order valence-corrected chi connectivity index (χ1v) is 15.6. The van der Waals surface area contributed by atoms with Gasteiger partial charge in [-0.1, -0.05) is 110 Å². The molecule has 0 radical (unpaired) electrons. The number of fused-ring (bicyclic) bond motifs is 8. The minimum absolute atomic E-state index is 0.991. The van der Waals surface area contributed by atoms with Crippen LogP contribution in [0.15, 0.2) is 127 Å². The lowest BCUT2D eigenvalue weighted by molar-refractivity contribution is 1.18. The Hall–Kier alpha value is -5.34. The topological polar surface area (TPSA) is 7.65 Å². The lowest BCUT2D eigenvalue weighted by Crippen LogP contribution is -2.13. The third kappa shape index (κ3) is 3.31. The van der Waals surface area contributed by atoms with Crippen LogP contribution >= 0.6 is 0 Å². The number of hydrogen-bond acceptors (Lipinski definition) is 1. The van der Waals surface area contributed by atoms with Crippen LogP contribution in [-0.4, -0.2) is 4.40 Å². The summed E-state index contributed by atoms with van der Waals surface area (Å²) in [6.07, 6.45) is 0.991. The summed E-state index contributed by atoms with van der Waals surface area (Å²) in [6.45, 7) is 6.74. The smallest absolute Gasteiger partial charge is 0.0640 e. The van der Waals surface area contributed by atoms with Gasteiger partial charge in [0, 0.05) is 38.3 Å². The average Bonchev–Trinajstić information content (AvgIpc) is 3.57. The van der Waals surface area contributed by atoms with Crippen LogP contribution in [0.25, 0.3) is 59.6 Å². The number of aryl methyl sites for hydroxylation is 3. The zero-order chi connectivity index (χ0) is 29.5. The predicted octanol–water partition coefficient (Wildman–Crippen LogP) is 11.8. The van der Waals surface area contributed by atoms with Crippen LogP contribution in [0.4, 0.5) is 17.1 Å². The second-order valence-corrected chi connectivity index (χ2v) is 12.1. The number of nitrogens with zero attached hydrogens (tertiary/aromatic N) is 2. The molecule has 0 aliphatic carbocycles. The molecule has 0 N–H and O–H groups in total. The van der Waals surface area contributed by atoms with E-state index in [0.29, 0.717) is 0 Å². The van der Waals surface area contributed by atoms with E-state index in [-0.39, 0.29) is 0 Å². The predicted molar refractivity (Wildman–Crippen MR) is 190 cm³/mol. The monoisotopic (exact) mass is 564 g/mol. The molecule has 0 spiro atoms. The Balaban J connectivity index is 1.55. The molecule has 0 aliphatic rings. The molecule has 210 valence electrons. The summed E-state index contributed by atoms with van der Waals surface area (Å²) in [5.41, 5.74) is 11.4. The standard InChI is InChI=1S/C42H32N2/c1-4-30-31-18-9-7-16-28(31)24-37-39(30)33-20-13-21-34-40-38(44(37)41(33)34)25-29-17-8-10-19-32(29)42(40)43(35-22-11-5-14-26(35)2)36-23-12-6-15-27(36)3/h5-25H,4H2,1-3H3. The van der Waals surface area contributed by atoms with Crippen LogP contribution in [0.3, 0.4) is 0 Å². The van der Waals surface area contributed by atoms with Crippen molar-refractivity contribution < 1.29 is 0 Å². The Labute approximate surface area is 256 Å². The second kappa shape index (κ2) is 9.33. The molecule has 7 aromatic carbocycles. The molecule has 0 aliphatic heterocycles. The molecule has 0 saturated heterocycles. The van der Waals surface area contributed by atoms with Crippen LogP contribution in [0, 0.1) is 13.8 Å². The molecule has 0 amide bonds. The molecule has 2 aromatic heterocycles. The van der Waals surface area contributed by atoms with E-state index in [1.165, 1.54) is 93.4 Å². The second-order valence-electron chi connectivity index (χ2n) is 12.1. The zero-order valence-corrected chi connectivity index (χ0v) is 25.2. The van der Waals surface area contributed by atoms with Crippen molar-refractivity contribution in [2.45, 2.75) is 27.2 Å². The fourth-order valence-corrected chi connectivity index (χ4v) is 7.80. The van der Waals surface area contributed by atoms with E-state index in [4.69, 9.17) is 0 Å². The Morgan fingerprint density at radius 3 is 1.66 bits per heavy atom. The summed E-state index contributed by atoms with van der Waals surface area (Å²) >= 11 is 0. The summed E-state index contributed by atoms with van der Waals surface area (Å²) in [5.74, 6) is 0. The van der Waals surface area contributed by atoms with Crippen molar-refractivity contribution in [3.63, 3.8) is 0 Å². The van der Waals surface area contributed by atoms with Gasteiger partial charge in [-0.3, -0.25) is 0 Å². The lowest BCUT2D eigenvalue weighted by Gasteiger charge is -2.30. The molecule has 0 atom stereocenters. The first-order chi connectivity index (χ1) is 21.7. The molecule has 2 heteroatoms. The molecule has 0 bridgehead atoms. The number of para-hydroxylation sites is 3. The van der Waals surface area contributed by atoms with Crippen molar-refractivity contribution in [3.8, 4) is 0 Å². The van der Waals surface area contributed by atoms with Gasteiger partial charge >= 0.3 is 0 Å². The maximum absolute atomic E-state index is 2.56. The summed E-state index contributed by atoms with van der Waals surface area (Å²) in [6, 6.07) is 47.1. The van der Waals surface area contributed by atoms with Crippen molar-refractivity contribution in [2.75, 3.05) is 4.90 Å². The highest BCUT2D eigenvalue weighted by atomic mass is 15.2. The highest BCUT2D eigenvalue weighted by Crippen LogP contribution is 2.51. The minimum Gasteiger partial charge on any atom is -0.309 e. The van der Waals surface area contributed by atoms with E-state index in [1.54, 1.807) is 0 Å². The molecule has 2 nitrogen and oxygen atoms in total. The number of benzene rings is 7. The van der Waals surface area contributed by atoms with Gasteiger partial charge in [0.1, 0.15) is 0 Å². The molecule has 9 rings (SSSR count). The van der Waals surface area contributed by atoms with Gasteiger partial charge in [-0.25, -0.2) is 0 Å². The van der Waals surface area contributed by atoms with Crippen LogP contribution in [0.1, 0.15) is 23.6 Å². The lowest BCUT2D eigenvalue weighted by atomic mass is 9.95. The first kappa shape index (κ1) is 25.2. The number of aromatic nitrogens is 1. The molecule has 44 heavy (non-hydrogen) atoms. The Bertz CT molecular complexity index is 2520. The molecule has 0 unspecified atom stereocenters. The van der Waals surface area contributed by atoms with E-state index >= 15 is 0 Å². The third-order valence-electron chi connectivity index (χ3n) is 9.71. The fourth-order valence-electron chi connectivity index (χ4n) is 7.80. The maximum Gasteiger partial charge on any atom is 0.0640 e. The molecule has 2 heterocycles. The molecule has 0 fully saturated rings. The third-order valence-corrected chi connectivity index (χ3v) is 9.71. The Kier molecular flexibility index (Phi) is 5.34. The summed E-state index contributed by atoms with van der Waals surface area (Å²) in [7, 11) is 0. The van der Waals surface area contributed by atoms with Gasteiger partial charge in [-0.05, 0) is 77.4 Å². The summed E-state index contributed by atoms with van der Waals surface area (Å²) in [5, 5.41) is 10.5. The van der Waals surface area contributed by atoms with E-state index in [2.05, 4.69) is 157 Å². The molecular weight excluding hydrogens is 532 g/mol. The van der Waals surface area contributed by atoms with Gasteiger partial charge < -0.3 is 9.30 Å². The number of rotatable bonds is 4. The van der Waals surface area contributed by atoms with Gasteiger partial charge in [0.25, 0.3) is 0 Å².